The number of nitrogens with zero attached hydrogens (tertiary/aromatic N) is 3. The molecular formula is C28H26ClF3N4O4. The summed E-state index contributed by atoms with van der Waals surface area (Å²) in [6, 6.07) is 11.3. The van der Waals surface area contributed by atoms with Gasteiger partial charge in [0.25, 0.3) is 5.91 Å². The second-order valence-electron chi connectivity index (χ2n) is 10.6. The number of hydrogen-bond acceptors (Lipinski definition) is 5. The molecule has 12 heteroatoms. The Balaban J connectivity index is 1.50. The molecule has 1 saturated heterocycles. The van der Waals surface area contributed by atoms with Crippen LogP contribution in [0.15, 0.2) is 65.6 Å². The number of aromatic nitrogens is 2. The van der Waals surface area contributed by atoms with E-state index in [9.17, 15) is 22.8 Å². The molecule has 1 fully saturated rings. The van der Waals surface area contributed by atoms with Crippen LogP contribution in [0.4, 0.5) is 18.0 Å². The zero-order chi connectivity index (χ0) is 28.8. The molecule has 2 atom stereocenters. The number of amides is 2. The third-order valence-electron chi connectivity index (χ3n) is 6.56. The minimum absolute atomic E-state index is 0.0776. The molecule has 0 bridgehead atoms. The van der Waals surface area contributed by atoms with E-state index in [1.54, 1.807) is 20.8 Å². The molecule has 1 aliphatic rings. The fourth-order valence-electron chi connectivity index (χ4n) is 4.81. The molecule has 3 aromatic heterocycles. The molecule has 2 amide bonds. The van der Waals surface area contributed by atoms with Crippen LogP contribution < -0.4 is 5.32 Å². The number of carbonyl (C=O) groups is 2. The molecule has 0 spiro atoms. The van der Waals surface area contributed by atoms with Crippen molar-refractivity contribution in [2.45, 2.75) is 44.5 Å². The van der Waals surface area contributed by atoms with E-state index >= 15 is 0 Å². The normalized spacial score (nSPS) is 17.8. The summed E-state index contributed by atoms with van der Waals surface area (Å²) >= 11 is 6.51. The van der Waals surface area contributed by atoms with Gasteiger partial charge in [0.1, 0.15) is 10.8 Å². The Hall–Kier alpha value is -3.99. The van der Waals surface area contributed by atoms with Gasteiger partial charge in [0.15, 0.2) is 11.3 Å². The Morgan fingerprint density at radius 1 is 1.10 bits per heavy atom. The molecule has 210 valence electrons. The zero-order valence-electron chi connectivity index (χ0n) is 21.8. The smallest absolute Gasteiger partial charge is 0.420 e. The van der Waals surface area contributed by atoms with E-state index in [-0.39, 0.29) is 35.4 Å². The lowest BCUT2D eigenvalue weighted by Gasteiger charge is -2.24. The molecule has 40 heavy (non-hydrogen) atoms. The maximum absolute atomic E-state index is 14.0. The van der Waals surface area contributed by atoms with Gasteiger partial charge in [0.2, 0.25) is 0 Å². The van der Waals surface area contributed by atoms with Crippen molar-refractivity contribution in [1.29, 1.82) is 0 Å². The van der Waals surface area contributed by atoms with Gasteiger partial charge in [0.05, 0.1) is 24.1 Å². The highest BCUT2D eigenvalue weighted by atomic mass is 35.5. The number of hydrogen-bond donors (Lipinski definition) is 1. The van der Waals surface area contributed by atoms with E-state index in [4.69, 9.17) is 20.8 Å². The quantitative estimate of drug-likeness (QED) is 0.305. The van der Waals surface area contributed by atoms with Crippen molar-refractivity contribution in [3.63, 3.8) is 0 Å². The Morgan fingerprint density at radius 3 is 2.45 bits per heavy atom. The minimum Gasteiger partial charge on any atom is -0.472 e. The molecule has 0 radical (unpaired) electrons. The number of alkyl halides is 3. The fourth-order valence-corrected chi connectivity index (χ4v) is 5.06. The number of fused-ring (bicyclic) bond motifs is 1. The van der Waals surface area contributed by atoms with Gasteiger partial charge < -0.3 is 19.4 Å². The summed E-state index contributed by atoms with van der Waals surface area (Å²) in [4.78, 5) is 31.7. The average Bonchev–Trinajstić information content (AvgIpc) is 3.62. The fraction of sp³-hybridized carbons (Fsp3) is 0.321. The van der Waals surface area contributed by atoms with Gasteiger partial charge in [-0.1, -0.05) is 41.9 Å². The number of likely N-dealkylation sites (tertiary alicyclic amines) is 1. The maximum Gasteiger partial charge on any atom is 0.420 e. The molecule has 5 rings (SSSR count). The molecule has 1 aliphatic heterocycles. The predicted octanol–water partition coefficient (Wildman–Crippen LogP) is 6.40. The van der Waals surface area contributed by atoms with Gasteiger partial charge in [-0.2, -0.15) is 13.2 Å². The van der Waals surface area contributed by atoms with Gasteiger partial charge in [0, 0.05) is 36.3 Å². The highest BCUT2D eigenvalue weighted by Gasteiger charge is 2.41. The van der Waals surface area contributed by atoms with Crippen LogP contribution in [-0.4, -0.2) is 51.0 Å². The van der Waals surface area contributed by atoms with E-state index in [2.05, 4.69) is 10.3 Å². The molecule has 4 aromatic rings. The number of alkyl carbamates (subject to hydrolysis) is 1. The number of nitrogens with one attached hydrogen (secondary N) is 1. The number of benzene rings is 1. The van der Waals surface area contributed by atoms with Crippen LogP contribution in [0.3, 0.4) is 0 Å². The number of rotatable bonds is 4. The van der Waals surface area contributed by atoms with Crippen LogP contribution in [0.5, 0.6) is 0 Å². The summed E-state index contributed by atoms with van der Waals surface area (Å²) < 4.78 is 53.6. The van der Waals surface area contributed by atoms with Crippen molar-refractivity contribution >= 4 is 29.2 Å². The lowest BCUT2D eigenvalue weighted by atomic mass is 9.94. The zero-order valence-corrected chi connectivity index (χ0v) is 22.6. The third kappa shape index (κ3) is 5.51. The standard InChI is InChI=1S/C28H26ClF3N4O4/c1-27(2,3)40-26(38)33-21-14-35(13-19(21)16-7-5-4-6-8-16)25(37)22-23(29)36-12-18(17-9-10-39-15-17)11-20(24(36)34-22)28(30,31)32/h4-12,15,19,21H,13-14H2,1-3H3,(H,33,38)/t19-,21+/m1/s1. The van der Waals surface area contributed by atoms with Crippen LogP contribution in [0.2, 0.25) is 5.15 Å². The minimum atomic E-state index is -4.76. The third-order valence-corrected chi connectivity index (χ3v) is 6.92. The van der Waals surface area contributed by atoms with Gasteiger partial charge in [-0.05, 0) is 38.5 Å². The predicted molar refractivity (Wildman–Crippen MR) is 141 cm³/mol. The molecule has 1 aromatic carbocycles. The molecule has 0 saturated carbocycles. The number of carbonyl (C=O) groups excluding carboxylic acids is 2. The van der Waals surface area contributed by atoms with Crippen molar-refractivity contribution in [3.05, 3.63) is 83.2 Å². The topological polar surface area (TPSA) is 89.1 Å². The van der Waals surface area contributed by atoms with Gasteiger partial charge in [-0.25, -0.2) is 9.78 Å². The summed E-state index contributed by atoms with van der Waals surface area (Å²) in [5, 5.41) is 2.59. The van der Waals surface area contributed by atoms with Gasteiger partial charge in [-0.15, -0.1) is 0 Å². The van der Waals surface area contributed by atoms with Crippen LogP contribution in [0.1, 0.15) is 48.3 Å². The highest BCUT2D eigenvalue weighted by Crippen LogP contribution is 2.38. The van der Waals surface area contributed by atoms with Crippen LogP contribution in [0.25, 0.3) is 16.8 Å². The van der Waals surface area contributed by atoms with Crippen molar-refractivity contribution in [1.82, 2.24) is 19.6 Å². The second-order valence-corrected chi connectivity index (χ2v) is 10.9. The lowest BCUT2D eigenvalue weighted by Crippen LogP contribution is -2.43. The van der Waals surface area contributed by atoms with Crippen LogP contribution in [0, 0.1) is 0 Å². The Kier molecular flexibility index (Phi) is 7.03. The number of pyridine rings is 1. The second kappa shape index (κ2) is 10.2. The maximum atomic E-state index is 14.0. The first-order chi connectivity index (χ1) is 18.8. The Bertz CT molecular complexity index is 1550. The molecule has 4 heterocycles. The summed E-state index contributed by atoms with van der Waals surface area (Å²) in [7, 11) is 0. The first kappa shape index (κ1) is 27.6. The summed E-state index contributed by atoms with van der Waals surface area (Å²) in [6.07, 6.45) is -1.37. The first-order valence-corrected chi connectivity index (χ1v) is 12.8. The van der Waals surface area contributed by atoms with E-state index in [1.165, 1.54) is 29.7 Å². The highest BCUT2D eigenvalue weighted by molar-refractivity contribution is 6.33. The number of ether oxygens (including phenoxy) is 1. The number of imidazole rings is 1. The summed E-state index contributed by atoms with van der Waals surface area (Å²) in [5.41, 5.74) is -1.10. The Labute approximate surface area is 232 Å². The molecular weight excluding hydrogens is 549 g/mol. The molecule has 0 aliphatic carbocycles. The van der Waals surface area contributed by atoms with Crippen molar-refractivity contribution < 1.29 is 31.9 Å². The summed E-state index contributed by atoms with van der Waals surface area (Å²) in [6.45, 7) is 5.48. The SMILES string of the molecule is CC(C)(C)OC(=O)N[C@H]1CN(C(=O)c2nc3c(C(F)(F)F)cc(-c4ccoc4)cn3c2Cl)C[C@@H]1c1ccccc1. The van der Waals surface area contributed by atoms with Crippen molar-refractivity contribution in [2.75, 3.05) is 13.1 Å². The van der Waals surface area contributed by atoms with E-state index in [0.717, 1.165) is 16.0 Å². The first-order valence-electron chi connectivity index (χ1n) is 12.5. The van der Waals surface area contributed by atoms with Crippen molar-refractivity contribution in [2.24, 2.45) is 0 Å². The molecule has 0 unspecified atom stereocenters. The average molecular weight is 575 g/mol. The largest absolute Gasteiger partial charge is 0.472 e. The Morgan fingerprint density at radius 2 is 1.82 bits per heavy atom. The van der Waals surface area contributed by atoms with Crippen LogP contribution in [-0.2, 0) is 10.9 Å². The monoisotopic (exact) mass is 574 g/mol. The summed E-state index contributed by atoms with van der Waals surface area (Å²) in [5.74, 6) is -0.951. The van der Waals surface area contributed by atoms with Crippen molar-refractivity contribution in [3.8, 4) is 11.1 Å². The molecule has 8 nitrogen and oxygen atoms in total. The van der Waals surface area contributed by atoms with Gasteiger partial charge in [-0.3, -0.25) is 9.20 Å². The van der Waals surface area contributed by atoms with E-state index in [1.807, 2.05) is 30.3 Å². The van der Waals surface area contributed by atoms with Gasteiger partial charge >= 0.3 is 12.3 Å². The number of furan rings is 1. The lowest BCUT2D eigenvalue weighted by molar-refractivity contribution is -0.136. The van der Waals surface area contributed by atoms with E-state index in [0.29, 0.717) is 5.56 Å². The van der Waals surface area contributed by atoms with Crippen LogP contribution >= 0.6 is 11.6 Å². The van der Waals surface area contributed by atoms with E-state index < -0.39 is 41.0 Å². The molecule has 1 N–H and O–H groups in total. The number of halogens is 4.